The molecular weight excluding hydrogens is 194 g/mol. The van der Waals surface area contributed by atoms with Crippen molar-refractivity contribution >= 4 is 11.8 Å². The lowest BCUT2D eigenvalue weighted by atomic mass is 9.93. The van der Waals surface area contributed by atoms with Crippen LogP contribution in [0.3, 0.4) is 0 Å². The molecule has 1 aromatic heterocycles. The SMILES string of the molecule is CNC1CCCc2cnc(SC)nc21. The Balaban J connectivity index is 2.38. The molecule has 14 heavy (non-hydrogen) atoms. The van der Waals surface area contributed by atoms with E-state index in [-0.39, 0.29) is 0 Å². The fraction of sp³-hybridized carbons (Fsp3) is 0.600. The minimum absolute atomic E-state index is 0.424. The quantitative estimate of drug-likeness (QED) is 0.595. The fourth-order valence-corrected chi connectivity index (χ4v) is 2.26. The summed E-state index contributed by atoms with van der Waals surface area (Å²) in [4.78, 5) is 8.88. The molecule has 0 fully saturated rings. The van der Waals surface area contributed by atoms with Crippen molar-refractivity contribution in [1.82, 2.24) is 15.3 Å². The highest BCUT2D eigenvalue weighted by Crippen LogP contribution is 2.28. The van der Waals surface area contributed by atoms with E-state index in [0.717, 1.165) is 11.6 Å². The van der Waals surface area contributed by atoms with Crippen molar-refractivity contribution in [3.8, 4) is 0 Å². The second kappa shape index (κ2) is 4.28. The summed E-state index contributed by atoms with van der Waals surface area (Å²) in [5, 5.41) is 4.19. The molecule has 0 amide bonds. The van der Waals surface area contributed by atoms with Gasteiger partial charge in [-0.15, -0.1) is 0 Å². The van der Waals surface area contributed by atoms with Gasteiger partial charge in [-0.2, -0.15) is 0 Å². The molecule has 1 N–H and O–H groups in total. The first-order valence-electron chi connectivity index (χ1n) is 4.92. The van der Waals surface area contributed by atoms with Crippen LogP contribution in [0.2, 0.25) is 0 Å². The molecular formula is C10H15N3S. The molecule has 1 unspecified atom stereocenters. The third-order valence-corrected chi connectivity index (χ3v) is 3.24. The summed E-state index contributed by atoms with van der Waals surface area (Å²) in [7, 11) is 2.00. The minimum atomic E-state index is 0.424. The number of thioether (sulfide) groups is 1. The summed E-state index contributed by atoms with van der Waals surface area (Å²) < 4.78 is 0. The largest absolute Gasteiger partial charge is 0.312 e. The number of nitrogens with zero attached hydrogens (tertiary/aromatic N) is 2. The van der Waals surface area contributed by atoms with E-state index in [0.29, 0.717) is 6.04 Å². The number of fused-ring (bicyclic) bond motifs is 1. The fourth-order valence-electron chi connectivity index (χ4n) is 1.91. The summed E-state index contributed by atoms with van der Waals surface area (Å²) in [6.45, 7) is 0. The van der Waals surface area contributed by atoms with Gasteiger partial charge in [0, 0.05) is 12.2 Å². The third-order valence-electron chi connectivity index (χ3n) is 2.68. The van der Waals surface area contributed by atoms with Crippen LogP contribution in [0.15, 0.2) is 11.4 Å². The lowest BCUT2D eigenvalue weighted by Gasteiger charge is -2.23. The number of nitrogens with one attached hydrogen (secondary N) is 1. The van der Waals surface area contributed by atoms with Crippen LogP contribution < -0.4 is 5.32 Å². The summed E-state index contributed by atoms with van der Waals surface area (Å²) in [6, 6.07) is 0.424. The minimum Gasteiger partial charge on any atom is -0.312 e. The van der Waals surface area contributed by atoms with Gasteiger partial charge >= 0.3 is 0 Å². The molecule has 0 aliphatic heterocycles. The van der Waals surface area contributed by atoms with Crippen LogP contribution in [0.25, 0.3) is 0 Å². The monoisotopic (exact) mass is 209 g/mol. The first-order valence-corrected chi connectivity index (χ1v) is 6.14. The van der Waals surface area contributed by atoms with E-state index in [4.69, 9.17) is 0 Å². The topological polar surface area (TPSA) is 37.8 Å². The van der Waals surface area contributed by atoms with Gasteiger partial charge in [-0.1, -0.05) is 11.8 Å². The molecule has 4 heteroatoms. The highest BCUT2D eigenvalue weighted by Gasteiger charge is 2.20. The molecule has 0 aromatic carbocycles. The Morgan fingerprint density at radius 3 is 3.14 bits per heavy atom. The maximum Gasteiger partial charge on any atom is 0.187 e. The van der Waals surface area contributed by atoms with Gasteiger partial charge in [0.1, 0.15) is 0 Å². The maximum atomic E-state index is 4.57. The van der Waals surface area contributed by atoms with Gasteiger partial charge in [0.25, 0.3) is 0 Å². The van der Waals surface area contributed by atoms with Crippen molar-refractivity contribution in [1.29, 1.82) is 0 Å². The number of hydrogen-bond donors (Lipinski definition) is 1. The third kappa shape index (κ3) is 1.77. The normalized spacial score (nSPS) is 20.6. The molecule has 3 nitrogen and oxygen atoms in total. The van der Waals surface area contributed by atoms with Gasteiger partial charge in [0.15, 0.2) is 5.16 Å². The van der Waals surface area contributed by atoms with Crippen LogP contribution in [0.1, 0.15) is 30.1 Å². The van der Waals surface area contributed by atoms with Crippen LogP contribution in [0.5, 0.6) is 0 Å². The first-order chi connectivity index (χ1) is 6.85. The van der Waals surface area contributed by atoms with Crippen molar-refractivity contribution in [2.45, 2.75) is 30.5 Å². The summed E-state index contributed by atoms with van der Waals surface area (Å²) in [5.74, 6) is 0. The second-order valence-electron chi connectivity index (χ2n) is 3.50. The van der Waals surface area contributed by atoms with E-state index in [9.17, 15) is 0 Å². The van der Waals surface area contributed by atoms with Crippen LogP contribution in [0.4, 0.5) is 0 Å². The van der Waals surface area contributed by atoms with Crippen LogP contribution in [0, 0.1) is 0 Å². The van der Waals surface area contributed by atoms with Gasteiger partial charge in [-0.05, 0) is 38.1 Å². The maximum absolute atomic E-state index is 4.57. The Morgan fingerprint density at radius 2 is 2.43 bits per heavy atom. The Kier molecular flexibility index (Phi) is 3.03. The molecule has 0 bridgehead atoms. The van der Waals surface area contributed by atoms with Crippen LogP contribution >= 0.6 is 11.8 Å². The summed E-state index contributed by atoms with van der Waals surface area (Å²) in [5.41, 5.74) is 2.52. The molecule has 1 heterocycles. The molecule has 0 radical (unpaired) electrons. The average Bonchev–Trinajstić information content (AvgIpc) is 2.27. The van der Waals surface area contributed by atoms with E-state index >= 15 is 0 Å². The van der Waals surface area contributed by atoms with Crippen molar-refractivity contribution in [3.63, 3.8) is 0 Å². The van der Waals surface area contributed by atoms with Gasteiger partial charge < -0.3 is 5.32 Å². The molecule has 0 spiro atoms. The zero-order valence-corrected chi connectivity index (χ0v) is 9.40. The summed E-state index contributed by atoms with van der Waals surface area (Å²) in [6.07, 6.45) is 7.55. The van der Waals surface area contributed by atoms with E-state index in [2.05, 4.69) is 15.3 Å². The number of hydrogen-bond acceptors (Lipinski definition) is 4. The molecule has 1 aliphatic rings. The van der Waals surface area contributed by atoms with E-state index in [1.807, 2.05) is 19.5 Å². The highest BCUT2D eigenvalue weighted by molar-refractivity contribution is 7.98. The summed E-state index contributed by atoms with van der Waals surface area (Å²) >= 11 is 1.60. The lowest BCUT2D eigenvalue weighted by molar-refractivity contribution is 0.476. The van der Waals surface area contributed by atoms with Crippen molar-refractivity contribution < 1.29 is 0 Å². The highest BCUT2D eigenvalue weighted by atomic mass is 32.2. The van der Waals surface area contributed by atoms with E-state index < -0.39 is 0 Å². The zero-order chi connectivity index (χ0) is 9.97. The van der Waals surface area contributed by atoms with Gasteiger partial charge in [0.05, 0.1) is 5.69 Å². The zero-order valence-electron chi connectivity index (χ0n) is 8.58. The standard InChI is InChI=1S/C10H15N3S/c1-11-8-5-3-4-7-6-12-10(14-2)13-9(7)8/h6,8,11H,3-5H2,1-2H3. The number of rotatable bonds is 2. The van der Waals surface area contributed by atoms with Crippen molar-refractivity contribution in [3.05, 3.63) is 17.5 Å². The Labute approximate surface area is 88.7 Å². The molecule has 0 saturated carbocycles. The van der Waals surface area contributed by atoms with Gasteiger partial charge in [-0.25, -0.2) is 9.97 Å². The molecule has 1 aliphatic carbocycles. The molecule has 1 atom stereocenters. The molecule has 0 saturated heterocycles. The van der Waals surface area contributed by atoms with Crippen molar-refractivity contribution in [2.75, 3.05) is 13.3 Å². The first kappa shape index (κ1) is 9.93. The Morgan fingerprint density at radius 1 is 1.57 bits per heavy atom. The van der Waals surface area contributed by atoms with Crippen LogP contribution in [-0.4, -0.2) is 23.3 Å². The predicted octanol–water partition coefficient (Wildman–Crippen LogP) is 1.80. The molecule has 1 aromatic rings. The smallest absolute Gasteiger partial charge is 0.187 e. The molecule has 76 valence electrons. The molecule has 2 rings (SSSR count). The van der Waals surface area contributed by atoms with Crippen LogP contribution in [-0.2, 0) is 6.42 Å². The predicted molar refractivity (Wildman–Crippen MR) is 58.6 cm³/mol. The van der Waals surface area contributed by atoms with Gasteiger partial charge in [-0.3, -0.25) is 0 Å². The Hall–Kier alpha value is -0.610. The van der Waals surface area contributed by atoms with Crippen molar-refractivity contribution in [2.24, 2.45) is 0 Å². The van der Waals surface area contributed by atoms with Gasteiger partial charge in [0.2, 0.25) is 0 Å². The van der Waals surface area contributed by atoms with E-state index in [1.54, 1.807) is 11.8 Å². The number of aromatic nitrogens is 2. The number of aryl methyl sites for hydroxylation is 1. The average molecular weight is 209 g/mol. The Bertz CT molecular complexity index is 327. The lowest BCUT2D eigenvalue weighted by Crippen LogP contribution is -2.23. The van der Waals surface area contributed by atoms with E-state index in [1.165, 1.54) is 24.1 Å². The second-order valence-corrected chi connectivity index (χ2v) is 4.27.